The van der Waals surface area contributed by atoms with Gasteiger partial charge >= 0.3 is 0 Å². The van der Waals surface area contributed by atoms with Gasteiger partial charge in [-0.05, 0) is 90.8 Å². The highest BCUT2D eigenvalue weighted by Crippen LogP contribution is 2.58. The molecular formula is C37H57N2P. The molecule has 1 N–H and O–H groups in total. The molecule has 40 heavy (non-hydrogen) atoms. The maximum atomic E-state index is 5.88. The van der Waals surface area contributed by atoms with Gasteiger partial charge in [-0.15, -0.1) is 0 Å². The molecule has 0 aromatic heterocycles. The van der Waals surface area contributed by atoms with Crippen LogP contribution in [0.15, 0.2) is 41.4 Å². The lowest BCUT2D eigenvalue weighted by Gasteiger charge is -2.39. The SMILES string of the molecule is CC(C)c1cccc(C(C)C)c1N=C(Nc1c(C(C)C)cccc1C(C)C)P(C1CCCCC1)C1CCCCC1. The number of amidine groups is 1. The van der Waals surface area contributed by atoms with Gasteiger partial charge < -0.3 is 5.32 Å². The van der Waals surface area contributed by atoms with Crippen LogP contribution in [0.2, 0.25) is 0 Å². The van der Waals surface area contributed by atoms with Gasteiger partial charge in [0.1, 0.15) is 5.58 Å². The van der Waals surface area contributed by atoms with Crippen molar-refractivity contribution in [3.05, 3.63) is 58.7 Å². The summed E-state index contributed by atoms with van der Waals surface area (Å²) < 4.78 is 0. The second-order valence-electron chi connectivity index (χ2n) is 13.8. The van der Waals surface area contributed by atoms with E-state index in [0.29, 0.717) is 23.7 Å². The van der Waals surface area contributed by atoms with Crippen molar-refractivity contribution in [2.45, 2.75) is 155 Å². The molecule has 2 aliphatic rings. The third-order valence-corrected chi connectivity index (χ3v) is 12.7. The number of para-hydroxylation sites is 2. The Morgan fingerprint density at radius 2 is 0.975 bits per heavy atom. The van der Waals surface area contributed by atoms with Crippen LogP contribution in [0, 0.1) is 0 Å². The Kier molecular flexibility index (Phi) is 11.3. The van der Waals surface area contributed by atoms with Crippen molar-refractivity contribution in [2.75, 3.05) is 5.32 Å². The van der Waals surface area contributed by atoms with E-state index in [2.05, 4.69) is 97.1 Å². The number of anilines is 1. The van der Waals surface area contributed by atoms with Gasteiger partial charge in [0.15, 0.2) is 0 Å². The Bertz CT molecular complexity index is 1050. The molecule has 2 nitrogen and oxygen atoms in total. The summed E-state index contributed by atoms with van der Waals surface area (Å²) in [4.78, 5) is 5.88. The largest absolute Gasteiger partial charge is 0.340 e. The van der Waals surface area contributed by atoms with Crippen LogP contribution in [0.5, 0.6) is 0 Å². The van der Waals surface area contributed by atoms with E-state index in [4.69, 9.17) is 4.99 Å². The number of hydrogen-bond donors (Lipinski definition) is 1. The lowest BCUT2D eigenvalue weighted by atomic mass is 9.92. The number of benzene rings is 2. The van der Waals surface area contributed by atoms with Crippen LogP contribution in [-0.2, 0) is 0 Å². The first-order valence-electron chi connectivity index (χ1n) is 16.6. The average Bonchev–Trinajstić information content (AvgIpc) is 2.94. The van der Waals surface area contributed by atoms with Gasteiger partial charge in [-0.25, -0.2) is 4.99 Å². The van der Waals surface area contributed by atoms with Gasteiger partial charge in [0, 0.05) is 5.69 Å². The normalized spacial score (nSPS) is 18.1. The van der Waals surface area contributed by atoms with E-state index in [1.807, 2.05) is 0 Å². The first-order chi connectivity index (χ1) is 19.2. The summed E-state index contributed by atoms with van der Waals surface area (Å²) in [7, 11) is -0.396. The number of aliphatic imine (C=N–C) groups is 1. The Morgan fingerprint density at radius 3 is 1.35 bits per heavy atom. The zero-order chi connectivity index (χ0) is 28.8. The molecule has 220 valence electrons. The Balaban J connectivity index is 1.97. The molecule has 0 atom stereocenters. The van der Waals surface area contributed by atoms with E-state index < -0.39 is 7.92 Å². The van der Waals surface area contributed by atoms with Crippen molar-refractivity contribution in [2.24, 2.45) is 4.99 Å². The molecule has 2 aromatic carbocycles. The fourth-order valence-corrected chi connectivity index (χ4v) is 10.7. The number of rotatable bonds is 9. The topological polar surface area (TPSA) is 24.4 Å². The minimum absolute atomic E-state index is 0.396. The van der Waals surface area contributed by atoms with E-state index in [9.17, 15) is 0 Å². The van der Waals surface area contributed by atoms with Crippen molar-refractivity contribution in [1.29, 1.82) is 0 Å². The van der Waals surface area contributed by atoms with E-state index in [0.717, 1.165) is 11.3 Å². The molecule has 2 aliphatic carbocycles. The van der Waals surface area contributed by atoms with Crippen molar-refractivity contribution in [3.8, 4) is 0 Å². The first-order valence-corrected chi connectivity index (χ1v) is 18.1. The smallest absolute Gasteiger partial charge is 0.130 e. The maximum Gasteiger partial charge on any atom is 0.130 e. The monoisotopic (exact) mass is 560 g/mol. The van der Waals surface area contributed by atoms with Crippen molar-refractivity contribution < 1.29 is 0 Å². The molecule has 2 fully saturated rings. The summed E-state index contributed by atoms with van der Waals surface area (Å²) in [6, 6.07) is 13.9. The Labute approximate surface area is 248 Å². The molecule has 0 bridgehead atoms. The molecule has 4 rings (SSSR count). The second kappa shape index (κ2) is 14.5. The van der Waals surface area contributed by atoms with Crippen LogP contribution >= 0.6 is 7.92 Å². The number of hydrogen-bond acceptors (Lipinski definition) is 1. The first kappa shape index (κ1) is 31.3. The molecule has 2 saturated carbocycles. The highest BCUT2D eigenvalue weighted by Gasteiger charge is 2.36. The van der Waals surface area contributed by atoms with E-state index in [-0.39, 0.29) is 0 Å². The molecule has 0 spiro atoms. The lowest BCUT2D eigenvalue weighted by Crippen LogP contribution is -2.28. The second-order valence-corrected chi connectivity index (χ2v) is 16.5. The standard InChI is InChI=1S/C37H57N2P/c1-25(2)31-21-15-22-32(26(3)4)35(31)38-37(39-36-33(27(5)6)23-16-24-34(36)28(7)8)40(29-17-11-9-12-18-29)30-19-13-10-14-20-30/h15-16,21-30H,9-14,17-20H2,1-8H3,(H,38,39). The van der Waals surface area contributed by atoms with Crippen LogP contribution in [0.1, 0.15) is 166 Å². The van der Waals surface area contributed by atoms with Crippen molar-refractivity contribution in [3.63, 3.8) is 0 Å². The molecule has 0 unspecified atom stereocenters. The van der Waals surface area contributed by atoms with Crippen molar-refractivity contribution in [1.82, 2.24) is 0 Å². The average molecular weight is 561 g/mol. The highest BCUT2D eigenvalue weighted by molar-refractivity contribution is 7.76. The van der Waals surface area contributed by atoms with Gasteiger partial charge in [-0.2, -0.15) is 0 Å². The fourth-order valence-electron chi connectivity index (χ4n) is 7.07. The van der Waals surface area contributed by atoms with E-state index >= 15 is 0 Å². The molecule has 0 amide bonds. The van der Waals surface area contributed by atoms with Crippen LogP contribution in [-0.4, -0.2) is 16.9 Å². The van der Waals surface area contributed by atoms with Gasteiger partial charge in [-0.1, -0.05) is 130 Å². The van der Waals surface area contributed by atoms with Crippen LogP contribution in [0.4, 0.5) is 11.4 Å². The van der Waals surface area contributed by atoms with Crippen LogP contribution < -0.4 is 5.32 Å². The molecule has 0 aliphatic heterocycles. The zero-order valence-corrected chi connectivity index (χ0v) is 27.8. The summed E-state index contributed by atoms with van der Waals surface area (Å²) in [6.45, 7) is 18.7. The van der Waals surface area contributed by atoms with Crippen molar-refractivity contribution >= 4 is 24.9 Å². The van der Waals surface area contributed by atoms with E-state index in [1.54, 1.807) is 0 Å². The molecule has 2 aromatic rings. The van der Waals surface area contributed by atoms with Gasteiger partial charge in [0.05, 0.1) is 5.69 Å². The summed E-state index contributed by atoms with van der Waals surface area (Å²) in [5, 5.41) is 4.23. The van der Waals surface area contributed by atoms with Gasteiger partial charge in [0.2, 0.25) is 0 Å². The lowest BCUT2D eigenvalue weighted by molar-refractivity contribution is 0.487. The molecule has 0 radical (unpaired) electrons. The minimum Gasteiger partial charge on any atom is -0.340 e. The number of nitrogens with one attached hydrogen (secondary N) is 1. The van der Waals surface area contributed by atoms with Crippen LogP contribution in [0.3, 0.4) is 0 Å². The summed E-state index contributed by atoms with van der Waals surface area (Å²) in [5.41, 5.74) is 11.2. The molecule has 0 heterocycles. The number of nitrogens with zero attached hydrogens (tertiary/aromatic N) is 1. The summed E-state index contributed by atoms with van der Waals surface area (Å²) in [5.74, 6) is 1.83. The molecule has 0 saturated heterocycles. The summed E-state index contributed by atoms with van der Waals surface area (Å²) in [6.07, 6.45) is 13.9. The fraction of sp³-hybridized carbons (Fsp3) is 0.649. The highest BCUT2D eigenvalue weighted by atomic mass is 31.1. The molecule has 3 heteroatoms. The van der Waals surface area contributed by atoms with E-state index in [1.165, 1.54) is 103 Å². The van der Waals surface area contributed by atoms with Gasteiger partial charge in [0.25, 0.3) is 0 Å². The van der Waals surface area contributed by atoms with Crippen LogP contribution in [0.25, 0.3) is 0 Å². The summed E-state index contributed by atoms with van der Waals surface area (Å²) >= 11 is 0. The zero-order valence-electron chi connectivity index (χ0n) is 26.9. The third-order valence-electron chi connectivity index (χ3n) is 9.35. The predicted molar refractivity (Wildman–Crippen MR) is 181 cm³/mol. The minimum atomic E-state index is -0.396. The Morgan fingerprint density at radius 1 is 0.600 bits per heavy atom. The quantitative estimate of drug-likeness (QED) is 0.184. The predicted octanol–water partition coefficient (Wildman–Crippen LogP) is 12.4. The molecular weight excluding hydrogens is 503 g/mol. The maximum absolute atomic E-state index is 5.88. The third kappa shape index (κ3) is 7.40. The van der Waals surface area contributed by atoms with Gasteiger partial charge in [-0.3, -0.25) is 0 Å². The Hall–Kier alpha value is -1.66.